The molecule has 0 atom stereocenters. The molecule has 29 heavy (non-hydrogen) atoms. The smallest absolute Gasteiger partial charge is 0.341 e. The Morgan fingerprint density at radius 2 is 1.59 bits per heavy atom. The highest BCUT2D eigenvalue weighted by atomic mass is 35.5. The van der Waals surface area contributed by atoms with Crippen molar-refractivity contribution in [3.63, 3.8) is 0 Å². The van der Waals surface area contributed by atoms with Crippen LogP contribution in [0.2, 0.25) is 5.02 Å². The van der Waals surface area contributed by atoms with Crippen LogP contribution in [0.4, 0.5) is 5.00 Å². The van der Waals surface area contributed by atoms with E-state index in [0.717, 1.165) is 5.56 Å². The first-order chi connectivity index (χ1) is 14.0. The number of carbonyl (C=O) groups excluding carboxylic acids is 2. The van der Waals surface area contributed by atoms with E-state index in [1.165, 1.54) is 32.7 Å². The average Bonchev–Trinajstić information content (AvgIpc) is 3.16. The lowest BCUT2D eigenvalue weighted by Gasteiger charge is -2.10. The number of anilines is 1. The van der Waals surface area contributed by atoms with E-state index in [9.17, 15) is 9.59 Å². The molecule has 0 aliphatic rings. The molecule has 0 aliphatic carbocycles. The maximum absolute atomic E-state index is 12.8. The zero-order valence-corrected chi connectivity index (χ0v) is 17.5. The Balaban J connectivity index is 1.98. The Morgan fingerprint density at radius 3 is 2.14 bits per heavy atom. The molecule has 0 saturated carbocycles. The zero-order valence-electron chi connectivity index (χ0n) is 15.9. The van der Waals surface area contributed by atoms with Gasteiger partial charge in [0.2, 0.25) is 0 Å². The summed E-state index contributed by atoms with van der Waals surface area (Å²) in [6.07, 6.45) is 0. The van der Waals surface area contributed by atoms with E-state index in [0.29, 0.717) is 32.6 Å². The van der Waals surface area contributed by atoms with Crippen LogP contribution in [0, 0.1) is 0 Å². The van der Waals surface area contributed by atoms with Crippen LogP contribution in [0.1, 0.15) is 20.7 Å². The van der Waals surface area contributed by atoms with Gasteiger partial charge in [0.05, 0.1) is 21.3 Å². The third-order valence-corrected chi connectivity index (χ3v) is 5.32. The van der Waals surface area contributed by atoms with E-state index in [1.54, 1.807) is 47.8 Å². The van der Waals surface area contributed by atoms with E-state index < -0.39 is 11.9 Å². The summed E-state index contributed by atoms with van der Waals surface area (Å²) in [5.41, 5.74) is 2.05. The van der Waals surface area contributed by atoms with Crippen molar-refractivity contribution < 1.29 is 23.8 Å². The topological polar surface area (TPSA) is 73.9 Å². The Hall–Kier alpha value is -3.03. The molecule has 6 nitrogen and oxygen atoms in total. The van der Waals surface area contributed by atoms with E-state index in [1.807, 2.05) is 0 Å². The number of carbonyl (C=O) groups is 2. The Morgan fingerprint density at radius 1 is 0.966 bits per heavy atom. The van der Waals surface area contributed by atoms with Crippen molar-refractivity contribution in [1.82, 2.24) is 0 Å². The molecule has 2 aromatic carbocycles. The predicted molar refractivity (Wildman–Crippen MR) is 114 cm³/mol. The highest BCUT2D eigenvalue weighted by molar-refractivity contribution is 7.15. The van der Waals surface area contributed by atoms with Gasteiger partial charge in [-0.2, -0.15) is 0 Å². The van der Waals surface area contributed by atoms with E-state index in [-0.39, 0.29) is 5.56 Å². The number of halogens is 1. The summed E-state index contributed by atoms with van der Waals surface area (Å²) in [7, 11) is 4.30. The van der Waals surface area contributed by atoms with Gasteiger partial charge in [0.15, 0.2) is 0 Å². The average molecular weight is 432 g/mol. The van der Waals surface area contributed by atoms with Gasteiger partial charge in [-0.25, -0.2) is 4.79 Å². The first-order valence-corrected chi connectivity index (χ1v) is 9.72. The van der Waals surface area contributed by atoms with Gasteiger partial charge in [0.1, 0.15) is 22.1 Å². The Kier molecular flexibility index (Phi) is 6.41. The summed E-state index contributed by atoms with van der Waals surface area (Å²) < 4.78 is 15.3. The summed E-state index contributed by atoms with van der Waals surface area (Å²) in [4.78, 5) is 25.3. The molecule has 0 spiro atoms. The van der Waals surface area contributed by atoms with Gasteiger partial charge >= 0.3 is 5.97 Å². The molecule has 1 amide bonds. The zero-order chi connectivity index (χ0) is 21.0. The molecule has 3 rings (SSSR count). The summed E-state index contributed by atoms with van der Waals surface area (Å²) in [6.45, 7) is 0. The molecule has 0 saturated heterocycles. The number of esters is 1. The van der Waals surface area contributed by atoms with Crippen LogP contribution in [-0.4, -0.2) is 33.2 Å². The van der Waals surface area contributed by atoms with Crippen LogP contribution in [-0.2, 0) is 4.74 Å². The molecule has 0 unspecified atom stereocenters. The van der Waals surface area contributed by atoms with Gasteiger partial charge in [0, 0.05) is 27.6 Å². The van der Waals surface area contributed by atoms with Crippen LogP contribution >= 0.6 is 22.9 Å². The molecule has 1 N–H and O–H groups in total. The number of thiophene rings is 1. The minimum absolute atomic E-state index is 0.281. The first-order valence-electron chi connectivity index (χ1n) is 8.47. The fraction of sp³-hybridized carbons (Fsp3) is 0.143. The second-order valence-electron chi connectivity index (χ2n) is 5.91. The van der Waals surface area contributed by atoms with Gasteiger partial charge in [0.25, 0.3) is 5.91 Å². The van der Waals surface area contributed by atoms with Crippen molar-refractivity contribution in [2.75, 3.05) is 26.6 Å². The SMILES string of the molecule is COC(=O)c1c(-c2ccc(Cl)cc2)csc1NC(=O)c1cc(OC)cc(OC)c1. The minimum atomic E-state index is -0.547. The van der Waals surface area contributed by atoms with Crippen molar-refractivity contribution in [3.8, 4) is 22.6 Å². The highest BCUT2D eigenvalue weighted by Crippen LogP contribution is 2.37. The monoisotopic (exact) mass is 431 g/mol. The van der Waals surface area contributed by atoms with Crippen LogP contribution in [0.15, 0.2) is 47.8 Å². The fourth-order valence-electron chi connectivity index (χ4n) is 2.71. The van der Waals surface area contributed by atoms with Crippen LogP contribution in [0.25, 0.3) is 11.1 Å². The number of rotatable bonds is 6. The quantitative estimate of drug-likeness (QED) is 0.548. The minimum Gasteiger partial charge on any atom is -0.497 e. The van der Waals surface area contributed by atoms with Gasteiger partial charge in [-0.3, -0.25) is 4.79 Å². The van der Waals surface area contributed by atoms with Gasteiger partial charge < -0.3 is 19.5 Å². The molecule has 150 valence electrons. The van der Waals surface area contributed by atoms with E-state index in [4.69, 9.17) is 25.8 Å². The second-order valence-corrected chi connectivity index (χ2v) is 7.22. The first kappa shape index (κ1) is 20.7. The number of hydrogen-bond acceptors (Lipinski definition) is 6. The third-order valence-electron chi connectivity index (χ3n) is 4.18. The standard InChI is InChI=1S/C21H18ClNO5S/c1-26-15-8-13(9-16(10-15)27-2)19(24)23-20-18(21(25)28-3)17(11-29-20)12-4-6-14(22)7-5-12/h4-11H,1-3H3,(H,23,24). The van der Waals surface area contributed by atoms with Crippen molar-refractivity contribution in [1.29, 1.82) is 0 Å². The lowest BCUT2D eigenvalue weighted by Crippen LogP contribution is -2.14. The molecule has 1 aromatic heterocycles. The summed E-state index contributed by atoms with van der Waals surface area (Å²) in [5.74, 6) is 0.0121. The van der Waals surface area contributed by atoms with Crippen LogP contribution < -0.4 is 14.8 Å². The number of methoxy groups -OCH3 is 3. The van der Waals surface area contributed by atoms with Crippen molar-refractivity contribution in [3.05, 3.63) is 64.0 Å². The van der Waals surface area contributed by atoms with Crippen molar-refractivity contribution in [2.24, 2.45) is 0 Å². The molecule has 8 heteroatoms. The molecule has 0 bridgehead atoms. The molecule has 0 radical (unpaired) electrons. The molecule has 0 fully saturated rings. The van der Waals surface area contributed by atoms with E-state index >= 15 is 0 Å². The second kappa shape index (κ2) is 8.98. The number of amides is 1. The number of benzene rings is 2. The van der Waals surface area contributed by atoms with Gasteiger partial charge in [-0.05, 0) is 29.8 Å². The largest absolute Gasteiger partial charge is 0.497 e. The molecule has 1 heterocycles. The molecular weight excluding hydrogens is 414 g/mol. The molecule has 3 aromatic rings. The van der Waals surface area contributed by atoms with E-state index in [2.05, 4.69) is 5.32 Å². The summed E-state index contributed by atoms with van der Waals surface area (Å²) in [5, 5.41) is 5.55. The lowest BCUT2D eigenvalue weighted by molar-refractivity contribution is 0.0603. The summed E-state index contributed by atoms with van der Waals surface area (Å²) >= 11 is 7.19. The van der Waals surface area contributed by atoms with Crippen molar-refractivity contribution >= 4 is 39.8 Å². The normalized spacial score (nSPS) is 10.3. The Labute approximate surface area is 177 Å². The molecule has 0 aliphatic heterocycles. The number of nitrogens with one attached hydrogen (secondary N) is 1. The number of hydrogen-bond donors (Lipinski definition) is 1. The van der Waals surface area contributed by atoms with Crippen LogP contribution in [0.5, 0.6) is 11.5 Å². The van der Waals surface area contributed by atoms with Crippen molar-refractivity contribution in [2.45, 2.75) is 0 Å². The maximum Gasteiger partial charge on any atom is 0.341 e. The molecular formula is C21H18ClNO5S. The fourth-order valence-corrected chi connectivity index (χ4v) is 3.79. The Bertz CT molecular complexity index is 1020. The third kappa shape index (κ3) is 4.52. The number of ether oxygens (including phenoxy) is 3. The summed E-state index contributed by atoms with van der Waals surface area (Å²) in [6, 6.07) is 11.9. The maximum atomic E-state index is 12.8. The lowest BCUT2D eigenvalue weighted by atomic mass is 10.0. The van der Waals surface area contributed by atoms with Crippen LogP contribution in [0.3, 0.4) is 0 Å². The highest BCUT2D eigenvalue weighted by Gasteiger charge is 2.23. The van der Waals surface area contributed by atoms with Gasteiger partial charge in [-0.1, -0.05) is 23.7 Å². The van der Waals surface area contributed by atoms with Gasteiger partial charge in [-0.15, -0.1) is 11.3 Å². The predicted octanol–water partition coefficient (Wildman–Crippen LogP) is 5.12.